The van der Waals surface area contributed by atoms with Crippen molar-refractivity contribution in [1.82, 2.24) is 4.31 Å². The van der Waals surface area contributed by atoms with E-state index in [0.29, 0.717) is 13.1 Å². The summed E-state index contributed by atoms with van der Waals surface area (Å²) in [4.78, 5) is 11.3. The topological polar surface area (TPSA) is 63.7 Å². The van der Waals surface area contributed by atoms with Gasteiger partial charge in [0.05, 0.1) is 7.11 Å². The van der Waals surface area contributed by atoms with Gasteiger partial charge >= 0.3 is 5.97 Å². The Bertz CT molecular complexity index is 331. The van der Waals surface area contributed by atoms with Crippen LogP contribution in [-0.2, 0) is 19.6 Å². The Labute approximate surface area is 96.8 Å². The molecule has 6 heteroatoms. The number of rotatable bonds is 3. The quantitative estimate of drug-likeness (QED) is 0.692. The predicted octanol–water partition coefficient (Wildman–Crippen LogP) is 0.754. The number of hydrogen-bond donors (Lipinski definition) is 0. The van der Waals surface area contributed by atoms with Crippen molar-refractivity contribution >= 4 is 16.0 Å². The zero-order chi connectivity index (χ0) is 12.2. The molecule has 0 saturated carbocycles. The van der Waals surface area contributed by atoms with Crippen molar-refractivity contribution in [2.24, 2.45) is 0 Å². The summed E-state index contributed by atoms with van der Waals surface area (Å²) in [5, 5.41) is -1.10. The molecular weight excluding hydrogens is 230 g/mol. The van der Waals surface area contributed by atoms with Crippen LogP contribution in [0.2, 0.25) is 0 Å². The summed E-state index contributed by atoms with van der Waals surface area (Å²) in [6, 6.07) is 0. The van der Waals surface area contributed by atoms with E-state index in [1.54, 1.807) is 0 Å². The van der Waals surface area contributed by atoms with Gasteiger partial charge < -0.3 is 4.74 Å². The summed E-state index contributed by atoms with van der Waals surface area (Å²) in [5.74, 6) is -0.691. The van der Waals surface area contributed by atoms with Gasteiger partial charge in [0.1, 0.15) is 0 Å². The summed E-state index contributed by atoms with van der Waals surface area (Å²) < 4.78 is 30.0. The second-order valence-corrected chi connectivity index (χ2v) is 6.28. The molecule has 0 spiro atoms. The highest BCUT2D eigenvalue weighted by Crippen LogP contribution is 2.17. The lowest BCUT2D eigenvalue weighted by molar-refractivity contribution is -0.139. The van der Waals surface area contributed by atoms with E-state index in [1.165, 1.54) is 18.3 Å². The van der Waals surface area contributed by atoms with E-state index in [9.17, 15) is 13.2 Å². The van der Waals surface area contributed by atoms with Crippen molar-refractivity contribution in [2.45, 2.75) is 37.9 Å². The average Bonchev–Trinajstić information content (AvgIpc) is 2.55. The van der Waals surface area contributed by atoms with E-state index in [4.69, 9.17) is 0 Å². The van der Waals surface area contributed by atoms with Gasteiger partial charge in [-0.1, -0.05) is 12.8 Å². The Balaban J connectivity index is 2.78. The number of ether oxygens (including phenoxy) is 1. The van der Waals surface area contributed by atoms with Crippen molar-refractivity contribution < 1.29 is 17.9 Å². The molecule has 1 aliphatic rings. The molecule has 0 aromatic carbocycles. The van der Waals surface area contributed by atoms with E-state index in [2.05, 4.69) is 4.74 Å². The van der Waals surface area contributed by atoms with Crippen LogP contribution in [0.1, 0.15) is 32.6 Å². The van der Waals surface area contributed by atoms with Gasteiger partial charge in [-0.15, -0.1) is 0 Å². The third kappa shape index (κ3) is 2.95. The lowest BCUT2D eigenvalue weighted by Crippen LogP contribution is -2.42. The normalized spacial score (nSPS) is 21.1. The molecule has 1 fully saturated rings. The zero-order valence-electron chi connectivity index (χ0n) is 9.81. The van der Waals surface area contributed by atoms with Crippen LogP contribution in [0, 0.1) is 0 Å². The lowest BCUT2D eigenvalue weighted by atomic mass is 10.2. The lowest BCUT2D eigenvalue weighted by Gasteiger charge is -2.22. The van der Waals surface area contributed by atoms with Crippen molar-refractivity contribution in [3.63, 3.8) is 0 Å². The molecule has 16 heavy (non-hydrogen) atoms. The Hall–Kier alpha value is -0.620. The van der Waals surface area contributed by atoms with Gasteiger partial charge in [0.25, 0.3) is 0 Å². The first kappa shape index (κ1) is 13.4. The molecule has 1 rings (SSSR count). The Kier molecular flexibility index (Phi) is 4.73. The van der Waals surface area contributed by atoms with E-state index < -0.39 is 21.2 Å². The summed E-state index contributed by atoms with van der Waals surface area (Å²) in [7, 11) is -2.33. The number of sulfonamides is 1. The van der Waals surface area contributed by atoms with Crippen molar-refractivity contribution in [3.8, 4) is 0 Å². The fraction of sp³-hybridized carbons (Fsp3) is 0.900. The van der Waals surface area contributed by atoms with Crippen molar-refractivity contribution in [1.29, 1.82) is 0 Å². The molecule has 0 amide bonds. The standard InChI is InChI=1S/C10H19NO4S/c1-9(10(12)15-2)16(13,14)11-7-5-3-4-6-8-11/h9H,3-8H2,1-2H3. The highest BCUT2D eigenvalue weighted by atomic mass is 32.2. The number of carbonyl (C=O) groups is 1. The first-order valence-corrected chi connectivity index (χ1v) is 7.07. The molecule has 0 bridgehead atoms. The van der Waals surface area contributed by atoms with E-state index >= 15 is 0 Å². The Morgan fingerprint density at radius 3 is 2.12 bits per heavy atom. The number of nitrogens with zero attached hydrogens (tertiary/aromatic N) is 1. The van der Waals surface area contributed by atoms with Gasteiger partial charge in [-0.2, -0.15) is 0 Å². The zero-order valence-corrected chi connectivity index (χ0v) is 10.6. The molecule has 1 heterocycles. The SMILES string of the molecule is COC(=O)C(C)S(=O)(=O)N1CCCCCC1. The summed E-state index contributed by atoms with van der Waals surface area (Å²) in [6.45, 7) is 2.42. The molecule has 0 radical (unpaired) electrons. The molecule has 1 unspecified atom stereocenters. The van der Waals surface area contributed by atoms with E-state index in [1.807, 2.05) is 0 Å². The maximum Gasteiger partial charge on any atom is 0.325 e. The molecule has 5 nitrogen and oxygen atoms in total. The highest BCUT2D eigenvalue weighted by Gasteiger charge is 2.34. The smallest absolute Gasteiger partial charge is 0.325 e. The molecule has 1 atom stereocenters. The molecule has 1 saturated heterocycles. The van der Waals surface area contributed by atoms with Crippen LogP contribution >= 0.6 is 0 Å². The largest absolute Gasteiger partial charge is 0.468 e. The van der Waals surface area contributed by atoms with Gasteiger partial charge in [-0.25, -0.2) is 12.7 Å². The van der Waals surface area contributed by atoms with Crippen LogP contribution in [0.4, 0.5) is 0 Å². The van der Waals surface area contributed by atoms with E-state index in [0.717, 1.165) is 25.7 Å². The van der Waals surface area contributed by atoms with Crippen LogP contribution in [-0.4, -0.2) is 44.1 Å². The summed E-state index contributed by atoms with van der Waals surface area (Å²) in [6.07, 6.45) is 3.84. The van der Waals surface area contributed by atoms with E-state index in [-0.39, 0.29) is 0 Å². The summed E-state index contributed by atoms with van der Waals surface area (Å²) >= 11 is 0. The van der Waals surface area contributed by atoms with Crippen molar-refractivity contribution in [3.05, 3.63) is 0 Å². The molecule has 94 valence electrons. The van der Waals surface area contributed by atoms with Crippen LogP contribution in [0.25, 0.3) is 0 Å². The Morgan fingerprint density at radius 2 is 1.69 bits per heavy atom. The average molecular weight is 249 g/mol. The maximum atomic E-state index is 12.1. The van der Waals surface area contributed by atoms with Crippen LogP contribution < -0.4 is 0 Å². The second kappa shape index (κ2) is 5.63. The first-order valence-electron chi connectivity index (χ1n) is 5.57. The molecule has 1 aliphatic heterocycles. The Morgan fingerprint density at radius 1 is 1.19 bits per heavy atom. The fourth-order valence-electron chi connectivity index (χ4n) is 1.81. The minimum Gasteiger partial charge on any atom is -0.468 e. The molecule has 0 N–H and O–H groups in total. The highest BCUT2D eigenvalue weighted by molar-refractivity contribution is 7.90. The van der Waals surface area contributed by atoms with Crippen LogP contribution in [0.3, 0.4) is 0 Å². The van der Waals surface area contributed by atoms with Gasteiger partial charge in [0.2, 0.25) is 10.0 Å². The minimum atomic E-state index is -3.54. The third-order valence-electron chi connectivity index (χ3n) is 2.90. The van der Waals surface area contributed by atoms with Crippen LogP contribution in [0.15, 0.2) is 0 Å². The third-order valence-corrected chi connectivity index (χ3v) is 5.08. The fourth-order valence-corrected chi connectivity index (χ4v) is 3.36. The number of carbonyl (C=O) groups excluding carboxylic acids is 1. The number of esters is 1. The monoisotopic (exact) mass is 249 g/mol. The molecule has 0 aromatic heterocycles. The number of methoxy groups -OCH3 is 1. The minimum absolute atomic E-state index is 0.518. The molecular formula is C10H19NO4S. The first-order chi connectivity index (χ1) is 7.50. The molecule has 0 aliphatic carbocycles. The second-order valence-electron chi connectivity index (χ2n) is 4.02. The predicted molar refractivity (Wildman–Crippen MR) is 60.4 cm³/mol. The maximum absolute atomic E-state index is 12.1. The summed E-state index contributed by atoms with van der Waals surface area (Å²) in [5.41, 5.74) is 0. The molecule has 0 aromatic rings. The van der Waals surface area contributed by atoms with Crippen LogP contribution in [0.5, 0.6) is 0 Å². The van der Waals surface area contributed by atoms with Gasteiger partial charge in [-0.05, 0) is 19.8 Å². The number of hydrogen-bond acceptors (Lipinski definition) is 4. The van der Waals surface area contributed by atoms with Gasteiger partial charge in [0.15, 0.2) is 5.25 Å². The van der Waals surface area contributed by atoms with Gasteiger partial charge in [-0.3, -0.25) is 4.79 Å². The van der Waals surface area contributed by atoms with Crippen molar-refractivity contribution in [2.75, 3.05) is 20.2 Å². The van der Waals surface area contributed by atoms with Gasteiger partial charge in [0, 0.05) is 13.1 Å².